The second-order valence-electron chi connectivity index (χ2n) is 6.38. The van der Waals surface area contributed by atoms with E-state index in [-0.39, 0.29) is 5.91 Å². The number of benzene rings is 2. The van der Waals surface area contributed by atoms with Crippen molar-refractivity contribution in [2.24, 2.45) is 4.99 Å². The number of carbonyl (C=O) groups excluding carboxylic acids is 1. The number of para-hydroxylation sites is 1. The maximum Gasteiger partial charge on any atom is 0.271 e. The van der Waals surface area contributed by atoms with E-state index < -0.39 is 0 Å². The van der Waals surface area contributed by atoms with Crippen molar-refractivity contribution in [2.45, 2.75) is 6.92 Å². The average molecular weight is 421 g/mol. The monoisotopic (exact) mass is 420 g/mol. The van der Waals surface area contributed by atoms with Gasteiger partial charge in [0.1, 0.15) is 0 Å². The van der Waals surface area contributed by atoms with Crippen molar-refractivity contribution in [1.29, 1.82) is 0 Å². The molecule has 5 nitrogen and oxygen atoms in total. The number of nitrogens with zero attached hydrogens (tertiary/aromatic N) is 3. The summed E-state index contributed by atoms with van der Waals surface area (Å²) in [5, 5.41) is 0.957. The van der Waals surface area contributed by atoms with Crippen LogP contribution in [0.2, 0.25) is 5.02 Å². The molecule has 7 heteroatoms. The summed E-state index contributed by atoms with van der Waals surface area (Å²) in [5.41, 5.74) is 9.62. The van der Waals surface area contributed by atoms with Crippen LogP contribution < -0.4 is 10.6 Å². The van der Waals surface area contributed by atoms with Crippen LogP contribution in [-0.2, 0) is 4.79 Å². The molecule has 144 valence electrons. The molecule has 0 spiro atoms. The number of aliphatic imine (C=N–C) groups is 1. The lowest BCUT2D eigenvalue weighted by atomic mass is 10.1. The number of amides is 1. The van der Waals surface area contributed by atoms with Gasteiger partial charge < -0.3 is 5.73 Å². The molecule has 1 aliphatic heterocycles. The summed E-state index contributed by atoms with van der Waals surface area (Å²) in [6, 6.07) is 18.6. The Labute approximate surface area is 177 Å². The number of aromatic nitrogens is 1. The Hall–Kier alpha value is -3.09. The first-order valence-corrected chi connectivity index (χ1v) is 10.1. The summed E-state index contributed by atoms with van der Waals surface area (Å²) < 4.78 is 0. The van der Waals surface area contributed by atoms with Crippen molar-refractivity contribution in [3.05, 3.63) is 88.5 Å². The highest BCUT2D eigenvalue weighted by Gasteiger charge is 2.36. The van der Waals surface area contributed by atoms with E-state index in [1.54, 1.807) is 17.2 Å². The maximum absolute atomic E-state index is 13.4. The number of anilines is 2. The Morgan fingerprint density at radius 3 is 2.66 bits per heavy atom. The van der Waals surface area contributed by atoms with E-state index in [2.05, 4.69) is 9.98 Å². The van der Waals surface area contributed by atoms with Crippen molar-refractivity contribution in [3.8, 4) is 0 Å². The van der Waals surface area contributed by atoms with Crippen LogP contribution in [0.3, 0.4) is 0 Å². The predicted octanol–water partition coefficient (Wildman–Crippen LogP) is 5.52. The van der Waals surface area contributed by atoms with Gasteiger partial charge in [0, 0.05) is 18.1 Å². The Balaban J connectivity index is 1.85. The molecule has 1 fully saturated rings. The summed E-state index contributed by atoms with van der Waals surface area (Å²) in [4.78, 5) is 24.2. The van der Waals surface area contributed by atoms with Gasteiger partial charge in [-0.2, -0.15) is 0 Å². The fourth-order valence-corrected chi connectivity index (χ4v) is 4.17. The number of hydrogen-bond donors (Lipinski definition) is 1. The number of pyridine rings is 1. The molecule has 4 rings (SSSR count). The van der Waals surface area contributed by atoms with Crippen molar-refractivity contribution in [2.75, 3.05) is 10.6 Å². The molecule has 29 heavy (non-hydrogen) atoms. The van der Waals surface area contributed by atoms with E-state index in [0.717, 1.165) is 16.8 Å². The molecular weight excluding hydrogens is 404 g/mol. The van der Waals surface area contributed by atoms with Crippen molar-refractivity contribution in [1.82, 2.24) is 4.98 Å². The van der Waals surface area contributed by atoms with Gasteiger partial charge in [-0.3, -0.25) is 14.7 Å². The number of hydrogen-bond acceptors (Lipinski definition) is 5. The van der Waals surface area contributed by atoms with Gasteiger partial charge in [0.15, 0.2) is 5.17 Å². The Morgan fingerprint density at radius 2 is 1.93 bits per heavy atom. The molecule has 0 bridgehead atoms. The Kier molecular flexibility index (Phi) is 5.38. The average Bonchev–Trinajstić information content (AvgIpc) is 3.05. The summed E-state index contributed by atoms with van der Waals surface area (Å²) in [7, 11) is 0. The fraction of sp³-hybridized carbons (Fsp3) is 0.0455. The third kappa shape index (κ3) is 3.90. The first-order chi connectivity index (χ1) is 14.0. The number of amidine groups is 1. The first kappa shape index (κ1) is 19.2. The lowest BCUT2D eigenvalue weighted by Gasteiger charge is -2.15. The summed E-state index contributed by atoms with van der Waals surface area (Å²) >= 11 is 7.56. The van der Waals surface area contributed by atoms with Crippen molar-refractivity contribution >= 4 is 57.1 Å². The molecule has 1 saturated heterocycles. The second-order valence-corrected chi connectivity index (χ2v) is 7.76. The number of rotatable bonds is 3. The maximum atomic E-state index is 13.4. The second kappa shape index (κ2) is 8.11. The lowest BCUT2D eigenvalue weighted by molar-refractivity contribution is -0.113. The lowest BCUT2D eigenvalue weighted by Crippen LogP contribution is -2.28. The summed E-state index contributed by atoms with van der Waals surface area (Å²) in [5.74, 6) is -0.134. The quantitative estimate of drug-likeness (QED) is 0.447. The van der Waals surface area contributed by atoms with Gasteiger partial charge in [-0.25, -0.2) is 4.99 Å². The third-order valence-electron chi connectivity index (χ3n) is 4.42. The molecule has 1 aliphatic rings. The zero-order valence-corrected chi connectivity index (χ0v) is 17.1. The SMILES string of the molecule is C/C(=C1/SC(=Nc2ccncc2Cl)N(c2ccccc2)C1=O)c1cccc(N)c1. The van der Waals surface area contributed by atoms with Crippen LogP contribution in [0.4, 0.5) is 17.1 Å². The van der Waals surface area contributed by atoms with Gasteiger partial charge in [0.25, 0.3) is 5.91 Å². The van der Waals surface area contributed by atoms with Crippen LogP contribution in [0.1, 0.15) is 12.5 Å². The minimum Gasteiger partial charge on any atom is -0.399 e. The molecule has 0 saturated carbocycles. The molecule has 3 aromatic rings. The van der Waals surface area contributed by atoms with Crippen LogP contribution in [0.25, 0.3) is 5.57 Å². The molecule has 2 N–H and O–H groups in total. The number of allylic oxidation sites excluding steroid dienone is 1. The molecular formula is C22H17ClN4OS. The zero-order chi connectivity index (χ0) is 20.4. The van der Waals surface area contributed by atoms with Crippen LogP contribution in [0.5, 0.6) is 0 Å². The normalized spacial score (nSPS) is 17.1. The summed E-state index contributed by atoms with van der Waals surface area (Å²) in [6.07, 6.45) is 3.15. The smallest absolute Gasteiger partial charge is 0.271 e. The van der Waals surface area contributed by atoms with E-state index in [4.69, 9.17) is 17.3 Å². The van der Waals surface area contributed by atoms with Crippen molar-refractivity contribution in [3.63, 3.8) is 0 Å². The molecule has 1 amide bonds. The van der Waals surface area contributed by atoms with E-state index >= 15 is 0 Å². The molecule has 1 aromatic heterocycles. The van der Waals surface area contributed by atoms with E-state index in [0.29, 0.717) is 26.5 Å². The minimum absolute atomic E-state index is 0.134. The topological polar surface area (TPSA) is 71.6 Å². The molecule has 0 unspecified atom stereocenters. The van der Waals surface area contributed by atoms with Gasteiger partial charge >= 0.3 is 0 Å². The Morgan fingerprint density at radius 1 is 1.14 bits per heavy atom. The van der Waals surface area contributed by atoms with E-state index in [1.807, 2.05) is 61.5 Å². The fourth-order valence-electron chi connectivity index (χ4n) is 2.95. The highest BCUT2D eigenvalue weighted by molar-refractivity contribution is 8.19. The van der Waals surface area contributed by atoms with Gasteiger partial charge in [0.05, 0.1) is 21.3 Å². The Bertz CT molecular complexity index is 1140. The van der Waals surface area contributed by atoms with Crippen LogP contribution in [0, 0.1) is 0 Å². The van der Waals surface area contributed by atoms with Gasteiger partial charge in [0.2, 0.25) is 0 Å². The number of nitrogen functional groups attached to an aromatic ring is 1. The van der Waals surface area contributed by atoms with Crippen LogP contribution in [0.15, 0.2) is 83.0 Å². The molecule has 2 heterocycles. The molecule has 0 radical (unpaired) electrons. The van der Waals surface area contributed by atoms with E-state index in [9.17, 15) is 4.79 Å². The molecule has 2 aromatic carbocycles. The van der Waals surface area contributed by atoms with Gasteiger partial charge in [-0.15, -0.1) is 0 Å². The van der Waals surface area contributed by atoms with Crippen molar-refractivity contribution < 1.29 is 4.79 Å². The highest BCUT2D eigenvalue weighted by atomic mass is 35.5. The van der Waals surface area contributed by atoms with Crippen LogP contribution >= 0.6 is 23.4 Å². The zero-order valence-electron chi connectivity index (χ0n) is 15.5. The van der Waals surface area contributed by atoms with E-state index in [1.165, 1.54) is 18.0 Å². The summed E-state index contributed by atoms with van der Waals surface area (Å²) in [6.45, 7) is 1.92. The standard InChI is InChI=1S/C22H17ClN4OS/c1-14(15-6-5-7-16(24)12-15)20-21(28)27(17-8-3-2-4-9-17)22(29-20)26-19-10-11-25-13-18(19)23/h2-13H,24H2,1H3/b20-14-,26-22?. The number of nitrogens with two attached hydrogens (primary N) is 1. The van der Waals surface area contributed by atoms with Gasteiger partial charge in [-0.05, 0) is 60.2 Å². The largest absolute Gasteiger partial charge is 0.399 e. The number of thioether (sulfide) groups is 1. The predicted molar refractivity (Wildman–Crippen MR) is 121 cm³/mol. The third-order valence-corrected chi connectivity index (χ3v) is 5.86. The van der Waals surface area contributed by atoms with Gasteiger partial charge in [-0.1, -0.05) is 41.9 Å². The molecule has 0 atom stereocenters. The minimum atomic E-state index is -0.134. The highest BCUT2D eigenvalue weighted by Crippen LogP contribution is 2.40. The van der Waals surface area contributed by atoms with Crippen LogP contribution in [-0.4, -0.2) is 16.1 Å². The number of halogens is 1. The molecule has 0 aliphatic carbocycles. The number of carbonyl (C=O) groups is 1. The first-order valence-electron chi connectivity index (χ1n) is 8.87.